The highest BCUT2D eigenvalue weighted by molar-refractivity contribution is 7.99. The van der Waals surface area contributed by atoms with E-state index < -0.39 is 5.97 Å². The number of carboxylic acid groups (broad SMARTS) is 1. The van der Waals surface area contributed by atoms with E-state index in [9.17, 15) is 9.59 Å². The summed E-state index contributed by atoms with van der Waals surface area (Å²) >= 11 is 1.39. The summed E-state index contributed by atoms with van der Waals surface area (Å²) in [6, 6.07) is 6.49. The first-order valence-electron chi connectivity index (χ1n) is 6.91. The number of nitrogens with two attached hydrogens (primary N) is 1. The van der Waals surface area contributed by atoms with Crippen LogP contribution in [0.2, 0.25) is 0 Å². The minimum absolute atomic E-state index is 0.0637. The lowest BCUT2D eigenvalue weighted by Gasteiger charge is -2.03. The molecule has 0 aliphatic carbocycles. The van der Waals surface area contributed by atoms with Gasteiger partial charge in [0.05, 0.1) is 10.9 Å². The third-order valence-corrected chi connectivity index (χ3v) is 4.55. The van der Waals surface area contributed by atoms with Gasteiger partial charge >= 0.3 is 5.97 Å². The van der Waals surface area contributed by atoms with Crippen molar-refractivity contribution in [2.75, 3.05) is 5.73 Å². The number of fused-ring (bicyclic) bond motifs is 1. The molecule has 118 valence electrons. The zero-order valence-electron chi connectivity index (χ0n) is 12.2. The van der Waals surface area contributed by atoms with Gasteiger partial charge in [-0.15, -0.1) is 0 Å². The molecule has 0 amide bonds. The molecule has 1 aromatic carbocycles. The van der Waals surface area contributed by atoms with Gasteiger partial charge in [-0.05, 0) is 30.7 Å². The summed E-state index contributed by atoms with van der Waals surface area (Å²) in [5.41, 5.74) is 6.83. The SMILES string of the molecule is CCc1[nH]c2nc(N)[nH]c(=O)c2c1Sc1ccc(C(=O)O)cc1. The van der Waals surface area contributed by atoms with Crippen LogP contribution in [-0.4, -0.2) is 26.0 Å². The normalized spacial score (nSPS) is 11.0. The summed E-state index contributed by atoms with van der Waals surface area (Å²) in [5.74, 6) is -0.909. The molecule has 0 fully saturated rings. The van der Waals surface area contributed by atoms with E-state index in [1.807, 2.05) is 6.92 Å². The highest BCUT2D eigenvalue weighted by Gasteiger charge is 2.16. The third-order valence-electron chi connectivity index (χ3n) is 3.38. The van der Waals surface area contributed by atoms with Crippen LogP contribution in [0.5, 0.6) is 0 Å². The summed E-state index contributed by atoms with van der Waals surface area (Å²) in [4.78, 5) is 34.5. The summed E-state index contributed by atoms with van der Waals surface area (Å²) in [6.45, 7) is 1.97. The number of nitrogen functional groups attached to an aromatic ring is 1. The quantitative estimate of drug-likeness (QED) is 0.581. The standard InChI is InChI=1S/C15H14N4O3S/c1-2-9-11(10-12(17-9)18-15(16)19-13(10)20)23-8-5-3-7(4-6-8)14(21)22/h3-6H,2H2,1H3,(H,21,22)(H4,16,17,18,19,20). The van der Waals surface area contributed by atoms with Crippen molar-refractivity contribution in [2.45, 2.75) is 23.1 Å². The summed E-state index contributed by atoms with van der Waals surface area (Å²) in [5, 5.41) is 9.40. The van der Waals surface area contributed by atoms with Crippen LogP contribution in [-0.2, 0) is 6.42 Å². The Morgan fingerprint density at radius 2 is 2.00 bits per heavy atom. The van der Waals surface area contributed by atoms with E-state index in [-0.39, 0.29) is 17.1 Å². The molecule has 5 N–H and O–H groups in total. The van der Waals surface area contributed by atoms with Gasteiger partial charge in [-0.2, -0.15) is 4.98 Å². The monoisotopic (exact) mass is 330 g/mol. The number of aromatic amines is 2. The van der Waals surface area contributed by atoms with Crippen LogP contribution in [0.1, 0.15) is 23.0 Å². The van der Waals surface area contributed by atoms with E-state index in [2.05, 4.69) is 15.0 Å². The minimum Gasteiger partial charge on any atom is -0.478 e. The molecule has 0 spiro atoms. The molecule has 23 heavy (non-hydrogen) atoms. The molecule has 0 saturated heterocycles. The van der Waals surface area contributed by atoms with Crippen LogP contribution in [0.3, 0.4) is 0 Å². The van der Waals surface area contributed by atoms with Crippen molar-refractivity contribution in [1.82, 2.24) is 15.0 Å². The zero-order chi connectivity index (χ0) is 16.6. The van der Waals surface area contributed by atoms with E-state index in [1.165, 1.54) is 23.9 Å². The Labute approximate surface area is 134 Å². The highest BCUT2D eigenvalue weighted by atomic mass is 32.2. The number of H-pyrrole nitrogens is 2. The maximum Gasteiger partial charge on any atom is 0.335 e. The predicted molar refractivity (Wildman–Crippen MR) is 88.0 cm³/mol. The van der Waals surface area contributed by atoms with Gasteiger partial charge in [-0.1, -0.05) is 18.7 Å². The zero-order valence-corrected chi connectivity index (χ0v) is 13.0. The number of hydrogen-bond donors (Lipinski definition) is 4. The number of carbonyl (C=O) groups is 1. The molecule has 0 aliphatic rings. The van der Waals surface area contributed by atoms with E-state index in [0.717, 1.165) is 15.5 Å². The lowest BCUT2D eigenvalue weighted by molar-refractivity contribution is 0.0697. The number of rotatable bonds is 4. The second kappa shape index (κ2) is 5.81. The van der Waals surface area contributed by atoms with Crippen LogP contribution < -0.4 is 11.3 Å². The molecule has 0 atom stereocenters. The van der Waals surface area contributed by atoms with Gasteiger partial charge in [0.1, 0.15) is 5.65 Å². The van der Waals surface area contributed by atoms with Crippen molar-refractivity contribution < 1.29 is 9.90 Å². The van der Waals surface area contributed by atoms with Crippen molar-refractivity contribution in [3.8, 4) is 0 Å². The smallest absolute Gasteiger partial charge is 0.335 e. The van der Waals surface area contributed by atoms with Crippen molar-refractivity contribution in [1.29, 1.82) is 0 Å². The average Bonchev–Trinajstić information content (AvgIpc) is 2.85. The molecule has 0 bridgehead atoms. The molecule has 0 aliphatic heterocycles. The Morgan fingerprint density at radius 1 is 1.30 bits per heavy atom. The minimum atomic E-state index is -0.973. The van der Waals surface area contributed by atoms with Crippen LogP contribution >= 0.6 is 11.8 Å². The van der Waals surface area contributed by atoms with Crippen LogP contribution in [0.4, 0.5) is 5.95 Å². The Kier molecular flexibility index (Phi) is 3.83. The Balaban J connectivity index is 2.08. The fourth-order valence-electron chi connectivity index (χ4n) is 2.29. The van der Waals surface area contributed by atoms with Crippen molar-refractivity contribution in [3.05, 3.63) is 45.9 Å². The lowest BCUT2D eigenvalue weighted by atomic mass is 10.2. The third kappa shape index (κ3) is 2.80. The van der Waals surface area contributed by atoms with Gasteiger partial charge in [0.15, 0.2) is 0 Å². The van der Waals surface area contributed by atoms with Gasteiger partial charge in [0, 0.05) is 15.5 Å². The van der Waals surface area contributed by atoms with E-state index >= 15 is 0 Å². The fourth-order valence-corrected chi connectivity index (χ4v) is 3.41. The molecule has 0 radical (unpaired) electrons. The molecule has 3 aromatic rings. The Morgan fingerprint density at radius 3 is 2.61 bits per heavy atom. The molecule has 0 saturated carbocycles. The van der Waals surface area contributed by atoms with Gasteiger partial charge in [0.25, 0.3) is 5.56 Å². The lowest BCUT2D eigenvalue weighted by Crippen LogP contribution is -2.10. The summed E-state index contributed by atoms with van der Waals surface area (Å²) < 4.78 is 0. The molecule has 2 aromatic heterocycles. The van der Waals surface area contributed by atoms with Crippen molar-refractivity contribution in [3.63, 3.8) is 0 Å². The van der Waals surface area contributed by atoms with E-state index in [0.29, 0.717) is 17.5 Å². The maximum absolute atomic E-state index is 12.2. The number of anilines is 1. The van der Waals surface area contributed by atoms with Gasteiger partial charge in [-0.3, -0.25) is 9.78 Å². The topological polar surface area (TPSA) is 125 Å². The average molecular weight is 330 g/mol. The largest absolute Gasteiger partial charge is 0.478 e. The first kappa shape index (κ1) is 15.2. The molecular weight excluding hydrogens is 316 g/mol. The number of aromatic carboxylic acids is 1. The Bertz CT molecular complexity index is 944. The first-order valence-corrected chi connectivity index (χ1v) is 7.72. The van der Waals surface area contributed by atoms with E-state index in [4.69, 9.17) is 10.8 Å². The summed E-state index contributed by atoms with van der Waals surface area (Å²) in [7, 11) is 0. The van der Waals surface area contributed by atoms with Crippen LogP contribution in [0.15, 0.2) is 38.9 Å². The van der Waals surface area contributed by atoms with E-state index in [1.54, 1.807) is 12.1 Å². The number of aryl methyl sites for hydroxylation is 1. The number of aromatic nitrogens is 3. The maximum atomic E-state index is 12.2. The molecule has 8 heteroatoms. The number of nitrogens with one attached hydrogen (secondary N) is 2. The number of carboxylic acids is 1. The highest BCUT2D eigenvalue weighted by Crippen LogP contribution is 2.35. The number of hydrogen-bond acceptors (Lipinski definition) is 5. The Hall–Kier alpha value is -2.74. The second-order valence-corrected chi connectivity index (χ2v) is 5.98. The first-order chi connectivity index (χ1) is 11.0. The molecule has 0 unspecified atom stereocenters. The molecule has 3 rings (SSSR count). The van der Waals surface area contributed by atoms with Crippen molar-refractivity contribution in [2.24, 2.45) is 0 Å². The molecular formula is C15H14N4O3S. The van der Waals surface area contributed by atoms with Crippen LogP contribution in [0, 0.1) is 0 Å². The number of nitrogens with zero attached hydrogens (tertiary/aromatic N) is 1. The van der Waals surface area contributed by atoms with Crippen molar-refractivity contribution >= 4 is 34.7 Å². The molecule has 7 nitrogen and oxygen atoms in total. The predicted octanol–water partition coefficient (Wildman–Crippen LogP) is 2.25. The fraction of sp³-hybridized carbons (Fsp3) is 0.133. The summed E-state index contributed by atoms with van der Waals surface area (Å²) in [6.07, 6.45) is 0.700. The second-order valence-electron chi connectivity index (χ2n) is 4.89. The van der Waals surface area contributed by atoms with Gasteiger partial charge in [0.2, 0.25) is 5.95 Å². The number of benzene rings is 1. The van der Waals surface area contributed by atoms with Crippen LogP contribution in [0.25, 0.3) is 11.0 Å². The van der Waals surface area contributed by atoms with Gasteiger partial charge < -0.3 is 15.8 Å². The van der Waals surface area contributed by atoms with Gasteiger partial charge in [-0.25, -0.2) is 4.79 Å². The molecule has 2 heterocycles.